The molecule has 0 spiro atoms. The summed E-state index contributed by atoms with van der Waals surface area (Å²) in [5, 5.41) is 20.0. The minimum absolute atomic E-state index is 0. The molecule has 0 unspecified atom stereocenters. The summed E-state index contributed by atoms with van der Waals surface area (Å²) < 4.78 is 5.23. The molecule has 0 saturated heterocycles. The van der Waals surface area contributed by atoms with Gasteiger partial charge >= 0.3 is 0 Å². The Hall–Kier alpha value is -1.62. The van der Waals surface area contributed by atoms with E-state index in [-0.39, 0.29) is 29.7 Å². The molecule has 0 aliphatic rings. The number of aliphatic imine (C=N–C) groups is 1. The van der Waals surface area contributed by atoms with Gasteiger partial charge in [0.15, 0.2) is 5.96 Å². The number of hydrogen-bond donors (Lipinski definition) is 3. The maximum Gasteiger partial charge on any atom is 0.269 e. The first kappa shape index (κ1) is 21.4. The molecule has 0 heterocycles. The number of hydrogen-bond acceptors (Lipinski definition) is 5. The normalized spacial score (nSPS) is 10.6. The van der Waals surface area contributed by atoms with Crippen molar-refractivity contribution in [3.63, 3.8) is 0 Å². The first-order chi connectivity index (χ1) is 10.7. The van der Waals surface area contributed by atoms with E-state index < -0.39 is 4.92 Å². The molecule has 9 heteroatoms. The molecule has 0 atom stereocenters. The first-order valence-electron chi connectivity index (χ1n) is 7.18. The number of guanidine groups is 1. The molecule has 0 bridgehead atoms. The summed E-state index contributed by atoms with van der Waals surface area (Å²) in [7, 11) is 1.71. The van der Waals surface area contributed by atoms with Crippen molar-refractivity contribution >= 4 is 41.3 Å². The highest BCUT2D eigenvalue weighted by Gasteiger charge is 2.03. The van der Waals surface area contributed by atoms with Crippen LogP contribution in [0, 0.1) is 10.1 Å². The molecule has 0 fully saturated rings. The van der Waals surface area contributed by atoms with Crippen molar-refractivity contribution in [2.24, 2.45) is 4.99 Å². The summed E-state index contributed by atoms with van der Waals surface area (Å²) in [5.74, 6) is 0.713. The molecule has 23 heavy (non-hydrogen) atoms. The third kappa shape index (κ3) is 9.18. The van der Waals surface area contributed by atoms with Gasteiger partial charge in [-0.1, -0.05) is 0 Å². The van der Waals surface area contributed by atoms with Gasteiger partial charge in [0.1, 0.15) is 0 Å². The Morgan fingerprint density at radius 2 is 1.87 bits per heavy atom. The SMILES string of the molecule is CCOCCNC(=NC)NCCNc1ccc([N+](=O)[O-])cc1.I. The molecule has 0 amide bonds. The van der Waals surface area contributed by atoms with Crippen LogP contribution in [0.15, 0.2) is 29.3 Å². The van der Waals surface area contributed by atoms with Crippen LogP contribution in [0.25, 0.3) is 0 Å². The summed E-state index contributed by atoms with van der Waals surface area (Å²) in [4.78, 5) is 14.2. The average Bonchev–Trinajstić information content (AvgIpc) is 2.53. The molecule has 1 rings (SSSR count). The first-order valence-corrected chi connectivity index (χ1v) is 7.18. The van der Waals surface area contributed by atoms with E-state index in [1.54, 1.807) is 19.2 Å². The van der Waals surface area contributed by atoms with Crippen LogP contribution in [-0.4, -0.2) is 50.8 Å². The largest absolute Gasteiger partial charge is 0.383 e. The van der Waals surface area contributed by atoms with Gasteiger partial charge in [0.25, 0.3) is 5.69 Å². The number of nitrogens with zero attached hydrogens (tertiary/aromatic N) is 2. The van der Waals surface area contributed by atoms with E-state index in [9.17, 15) is 10.1 Å². The number of nitro benzene ring substituents is 1. The van der Waals surface area contributed by atoms with Crippen LogP contribution in [0.5, 0.6) is 0 Å². The molecule has 1 aromatic rings. The number of non-ortho nitro benzene ring substituents is 1. The minimum atomic E-state index is -0.413. The smallest absolute Gasteiger partial charge is 0.269 e. The van der Waals surface area contributed by atoms with Crippen LogP contribution in [0.4, 0.5) is 11.4 Å². The third-order valence-electron chi connectivity index (χ3n) is 2.79. The molecule has 130 valence electrons. The Balaban J connectivity index is 0.00000484. The molecule has 1 aromatic carbocycles. The van der Waals surface area contributed by atoms with Gasteiger partial charge in [-0.05, 0) is 19.1 Å². The average molecular weight is 437 g/mol. The van der Waals surface area contributed by atoms with Gasteiger partial charge < -0.3 is 20.7 Å². The molecule has 0 aliphatic heterocycles. The van der Waals surface area contributed by atoms with Crippen molar-refractivity contribution in [3.05, 3.63) is 34.4 Å². The van der Waals surface area contributed by atoms with Crippen LogP contribution >= 0.6 is 24.0 Å². The summed E-state index contributed by atoms with van der Waals surface area (Å²) in [6.45, 7) is 5.33. The fourth-order valence-corrected chi connectivity index (χ4v) is 1.70. The number of ether oxygens (including phenoxy) is 1. The van der Waals surface area contributed by atoms with E-state index in [0.717, 1.165) is 5.69 Å². The fraction of sp³-hybridized carbons (Fsp3) is 0.500. The Bertz CT molecular complexity index is 482. The van der Waals surface area contributed by atoms with Crippen LogP contribution in [0.3, 0.4) is 0 Å². The highest BCUT2D eigenvalue weighted by molar-refractivity contribution is 14.0. The topological polar surface area (TPSA) is 101 Å². The van der Waals surface area contributed by atoms with Crippen LogP contribution in [0.1, 0.15) is 6.92 Å². The van der Waals surface area contributed by atoms with Gasteiger partial charge in [-0.3, -0.25) is 15.1 Å². The third-order valence-corrected chi connectivity index (χ3v) is 2.79. The number of halogens is 1. The van der Waals surface area contributed by atoms with Crippen LogP contribution < -0.4 is 16.0 Å². The molecule has 3 N–H and O–H groups in total. The molecule has 0 aliphatic carbocycles. The van der Waals surface area contributed by atoms with Crippen molar-refractivity contribution in [3.8, 4) is 0 Å². The van der Waals surface area contributed by atoms with Crippen molar-refractivity contribution in [1.29, 1.82) is 0 Å². The van der Waals surface area contributed by atoms with E-state index in [1.165, 1.54) is 12.1 Å². The molecular formula is C14H24IN5O3. The van der Waals surface area contributed by atoms with Crippen molar-refractivity contribution < 1.29 is 9.66 Å². The van der Waals surface area contributed by atoms with Crippen LogP contribution in [0.2, 0.25) is 0 Å². The van der Waals surface area contributed by atoms with E-state index >= 15 is 0 Å². The Labute approximate surface area is 153 Å². The standard InChI is InChI=1S/C14H23N5O3.HI/c1-3-22-11-10-18-14(15-2)17-9-8-16-12-4-6-13(7-5-12)19(20)21;/h4-7,16H,3,8-11H2,1-2H3,(H2,15,17,18);1H. The number of anilines is 1. The lowest BCUT2D eigenvalue weighted by atomic mass is 10.3. The minimum Gasteiger partial charge on any atom is -0.383 e. The van der Waals surface area contributed by atoms with Gasteiger partial charge in [-0.2, -0.15) is 0 Å². The van der Waals surface area contributed by atoms with E-state index in [4.69, 9.17) is 4.74 Å². The summed E-state index contributed by atoms with van der Waals surface area (Å²) in [6.07, 6.45) is 0. The zero-order chi connectivity index (χ0) is 16.2. The highest BCUT2D eigenvalue weighted by Crippen LogP contribution is 2.14. The molecule has 0 saturated carbocycles. The second kappa shape index (κ2) is 12.9. The zero-order valence-corrected chi connectivity index (χ0v) is 15.7. The highest BCUT2D eigenvalue weighted by atomic mass is 127. The summed E-state index contributed by atoms with van der Waals surface area (Å²) >= 11 is 0. The Morgan fingerprint density at radius 3 is 2.43 bits per heavy atom. The van der Waals surface area contributed by atoms with Gasteiger partial charge in [0.2, 0.25) is 0 Å². The maximum atomic E-state index is 10.6. The zero-order valence-electron chi connectivity index (χ0n) is 13.4. The van der Waals surface area contributed by atoms with Gasteiger partial charge in [0.05, 0.1) is 11.5 Å². The molecule has 8 nitrogen and oxygen atoms in total. The molecule has 0 radical (unpaired) electrons. The van der Waals surface area contributed by atoms with E-state index in [2.05, 4.69) is 20.9 Å². The van der Waals surface area contributed by atoms with Crippen molar-refractivity contribution in [2.45, 2.75) is 6.92 Å². The fourth-order valence-electron chi connectivity index (χ4n) is 1.70. The van der Waals surface area contributed by atoms with Crippen molar-refractivity contribution in [2.75, 3.05) is 45.2 Å². The van der Waals surface area contributed by atoms with Crippen LogP contribution in [-0.2, 0) is 4.74 Å². The van der Waals surface area contributed by atoms with Gasteiger partial charge in [-0.25, -0.2) is 0 Å². The maximum absolute atomic E-state index is 10.6. The second-order valence-electron chi connectivity index (χ2n) is 4.35. The second-order valence-corrected chi connectivity index (χ2v) is 4.35. The summed E-state index contributed by atoms with van der Waals surface area (Å²) in [6, 6.07) is 6.33. The Morgan fingerprint density at radius 1 is 1.22 bits per heavy atom. The predicted molar refractivity (Wildman–Crippen MR) is 103 cm³/mol. The van der Waals surface area contributed by atoms with Gasteiger partial charge in [-0.15, -0.1) is 24.0 Å². The number of nitro groups is 1. The summed E-state index contributed by atoms with van der Waals surface area (Å²) in [5.41, 5.74) is 0.925. The number of benzene rings is 1. The van der Waals surface area contributed by atoms with E-state index in [1.807, 2.05) is 6.92 Å². The number of rotatable bonds is 9. The number of nitrogens with one attached hydrogen (secondary N) is 3. The predicted octanol–water partition coefficient (Wildman–Crippen LogP) is 1.83. The monoisotopic (exact) mass is 437 g/mol. The molecular weight excluding hydrogens is 413 g/mol. The lowest BCUT2D eigenvalue weighted by molar-refractivity contribution is -0.384. The van der Waals surface area contributed by atoms with E-state index in [0.29, 0.717) is 38.8 Å². The molecule has 0 aromatic heterocycles. The quantitative estimate of drug-likeness (QED) is 0.136. The lowest BCUT2D eigenvalue weighted by Crippen LogP contribution is -2.40. The van der Waals surface area contributed by atoms with Crippen molar-refractivity contribution in [1.82, 2.24) is 10.6 Å². The van der Waals surface area contributed by atoms with Gasteiger partial charge in [0, 0.05) is 51.1 Å². The Kier molecular flexibility index (Phi) is 12.0. The lowest BCUT2D eigenvalue weighted by Gasteiger charge is -2.12.